The molecule has 0 spiro atoms. The molecule has 20 heavy (non-hydrogen) atoms. The molecule has 2 rings (SSSR count). The first-order valence-corrected chi connectivity index (χ1v) is 6.16. The maximum absolute atomic E-state index is 12.6. The van der Waals surface area contributed by atoms with Gasteiger partial charge >= 0.3 is 6.18 Å². The molecule has 1 heterocycles. The van der Waals surface area contributed by atoms with E-state index in [0.29, 0.717) is 30.2 Å². The molecule has 0 bridgehead atoms. The molecule has 0 fully saturated rings. The topological polar surface area (TPSA) is 64.9 Å². The molecule has 0 unspecified atom stereocenters. The third-order valence-electron chi connectivity index (χ3n) is 2.72. The summed E-state index contributed by atoms with van der Waals surface area (Å²) in [7, 11) is 0. The van der Waals surface area contributed by atoms with Crippen LogP contribution in [0.4, 0.5) is 13.2 Å². The van der Waals surface area contributed by atoms with Crippen molar-refractivity contribution in [3.05, 3.63) is 47.1 Å². The van der Waals surface area contributed by atoms with E-state index < -0.39 is 11.7 Å². The van der Waals surface area contributed by atoms with Gasteiger partial charge in [0.15, 0.2) is 5.82 Å². The van der Waals surface area contributed by atoms with Crippen molar-refractivity contribution < 1.29 is 17.7 Å². The number of aryl methyl sites for hydroxylation is 1. The van der Waals surface area contributed by atoms with Crippen molar-refractivity contribution in [2.24, 2.45) is 5.73 Å². The lowest BCUT2D eigenvalue weighted by atomic mass is 10.1. The van der Waals surface area contributed by atoms with Gasteiger partial charge in [-0.05, 0) is 24.6 Å². The van der Waals surface area contributed by atoms with Gasteiger partial charge in [0.25, 0.3) is 0 Å². The Morgan fingerprint density at radius 2 is 2.05 bits per heavy atom. The molecule has 0 saturated heterocycles. The van der Waals surface area contributed by atoms with Crippen molar-refractivity contribution in [1.82, 2.24) is 10.1 Å². The van der Waals surface area contributed by atoms with Crippen molar-refractivity contribution in [3.8, 4) is 0 Å². The molecule has 0 atom stereocenters. The fraction of sp³-hybridized carbons (Fsp3) is 0.385. The summed E-state index contributed by atoms with van der Waals surface area (Å²) < 4.78 is 42.8. The molecular formula is C13H14F3N3O. The van der Waals surface area contributed by atoms with Crippen molar-refractivity contribution in [1.29, 1.82) is 0 Å². The van der Waals surface area contributed by atoms with E-state index in [1.807, 2.05) is 0 Å². The van der Waals surface area contributed by atoms with Gasteiger partial charge in [0.1, 0.15) is 0 Å². The molecule has 1 aromatic heterocycles. The van der Waals surface area contributed by atoms with Crippen LogP contribution in [0.15, 0.2) is 28.8 Å². The Morgan fingerprint density at radius 3 is 2.75 bits per heavy atom. The summed E-state index contributed by atoms with van der Waals surface area (Å²) in [6.45, 7) is 0.525. The number of halogens is 3. The summed E-state index contributed by atoms with van der Waals surface area (Å²) >= 11 is 0. The minimum absolute atomic E-state index is 0.180. The molecular weight excluding hydrogens is 271 g/mol. The van der Waals surface area contributed by atoms with Gasteiger partial charge in [0.05, 0.1) is 12.0 Å². The van der Waals surface area contributed by atoms with Gasteiger partial charge in [-0.25, -0.2) is 0 Å². The van der Waals surface area contributed by atoms with Crippen LogP contribution < -0.4 is 5.73 Å². The first-order chi connectivity index (χ1) is 9.49. The van der Waals surface area contributed by atoms with E-state index in [2.05, 4.69) is 10.1 Å². The monoisotopic (exact) mass is 285 g/mol. The fourth-order valence-corrected chi connectivity index (χ4v) is 1.76. The average Bonchev–Trinajstić information content (AvgIpc) is 2.83. The number of hydrogen-bond donors (Lipinski definition) is 1. The first-order valence-electron chi connectivity index (χ1n) is 6.16. The zero-order valence-electron chi connectivity index (χ0n) is 10.7. The Labute approximate surface area is 113 Å². The van der Waals surface area contributed by atoms with E-state index in [4.69, 9.17) is 10.3 Å². The molecule has 1 aromatic carbocycles. The molecule has 108 valence electrons. The maximum Gasteiger partial charge on any atom is 0.416 e. The summed E-state index contributed by atoms with van der Waals surface area (Å²) in [5.74, 6) is 0.828. The number of benzene rings is 1. The SMILES string of the molecule is NCCCc1noc(Cc2cccc(C(F)(F)F)c2)n1. The Balaban J connectivity index is 2.08. The van der Waals surface area contributed by atoms with Gasteiger partial charge in [0.2, 0.25) is 5.89 Å². The van der Waals surface area contributed by atoms with Crippen LogP contribution in [0.3, 0.4) is 0 Å². The smallest absolute Gasteiger partial charge is 0.339 e. The van der Waals surface area contributed by atoms with Crippen LogP contribution in [0.25, 0.3) is 0 Å². The molecule has 0 aliphatic carbocycles. The zero-order valence-corrected chi connectivity index (χ0v) is 10.7. The lowest BCUT2D eigenvalue weighted by Gasteiger charge is -2.07. The number of rotatable bonds is 5. The number of hydrogen-bond acceptors (Lipinski definition) is 4. The predicted molar refractivity (Wildman–Crippen MR) is 65.9 cm³/mol. The Morgan fingerprint density at radius 1 is 1.25 bits per heavy atom. The van der Waals surface area contributed by atoms with Gasteiger partial charge < -0.3 is 10.3 Å². The summed E-state index contributed by atoms with van der Waals surface area (Å²) in [4.78, 5) is 4.12. The number of alkyl halides is 3. The molecule has 0 aliphatic rings. The van der Waals surface area contributed by atoms with E-state index in [0.717, 1.165) is 18.6 Å². The molecule has 0 aliphatic heterocycles. The molecule has 0 radical (unpaired) electrons. The molecule has 0 saturated carbocycles. The summed E-state index contributed by atoms with van der Waals surface area (Å²) in [6, 6.07) is 5.08. The highest BCUT2D eigenvalue weighted by atomic mass is 19.4. The maximum atomic E-state index is 12.6. The average molecular weight is 285 g/mol. The standard InChI is InChI=1S/C13H14F3N3O/c14-13(15,16)10-4-1-3-9(7-10)8-12-18-11(19-20-12)5-2-6-17/h1,3-4,7H,2,5-6,8,17H2. The second kappa shape index (κ2) is 6.04. The van der Waals surface area contributed by atoms with Gasteiger partial charge in [0, 0.05) is 6.42 Å². The second-order valence-corrected chi connectivity index (χ2v) is 4.37. The first kappa shape index (κ1) is 14.5. The number of nitrogens with zero attached hydrogens (tertiary/aromatic N) is 2. The Kier molecular flexibility index (Phi) is 4.39. The largest absolute Gasteiger partial charge is 0.416 e. The van der Waals surface area contributed by atoms with Gasteiger partial charge in [-0.2, -0.15) is 18.2 Å². The highest BCUT2D eigenvalue weighted by molar-refractivity contribution is 5.27. The third kappa shape index (κ3) is 3.80. The zero-order chi connectivity index (χ0) is 14.6. The van der Waals surface area contributed by atoms with E-state index >= 15 is 0 Å². The van der Waals surface area contributed by atoms with Gasteiger partial charge in [-0.3, -0.25) is 0 Å². The lowest BCUT2D eigenvalue weighted by Crippen LogP contribution is -2.05. The third-order valence-corrected chi connectivity index (χ3v) is 2.72. The van der Waals surface area contributed by atoms with E-state index in [9.17, 15) is 13.2 Å². The highest BCUT2D eigenvalue weighted by Crippen LogP contribution is 2.29. The minimum atomic E-state index is -4.35. The van der Waals surface area contributed by atoms with E-state index in [1.165, 1.54) is 6.07 Å². The van der Waals surface area contributed by atoms with Crippen LogP contribution in [-0.4, -0.2) is 16.7 Å². The Hall–Kier alpha value is -1.89. The fourth-order valence-electron chi connectivity index (χ4n) is 1.76. The van der Waals surface area contributed by atoms with Gasteiger partial charge in [-0.1, -0.05) is 23.4 Å². The van der Waals surface area contributed by atoms with E-state index in [1.54, 1.807) is 6.07 Å². The normalized spacial score (nSPS) is 11.8. The Bertz CT molecular complexity index is 566. The molecule has 2 aromatic rings. The van der Waals surface area contributed by atoms with Crippen LogP contribution in [0.1, 0.15) is 29.3 Å². The minimum Gasteiger partial charge on any atom is -0.339 e. The number of nitrogens with two attached hydrogens (primary N) is 1. The van der Waals surface area contributed by atoms with Crippen LogP contribution in [0, 0.1) is 0 Å². The van der Waals surface area contributed by atoms with Crippen LogP contribution >= 0.6 is 0 Å². The van der Waals surface area contributed by atoms with Crippen molar-refractivity contribution in [3.63, 3.8) is 0 Å². The van der Waals surface area contributed by atoms with Crippen LogP contribution in [0.2, 0.25) is 0 Å². The molecule has 7 heteroatoms. The van der Waals surface area contributed by atoms with Crippen molar-refractivity contribution in [2.75, 3.05) is 6.54 Å². The summed E-state index contributed by atoms with van der Waals surface area (Å²) in [5.41, 5.74) is 5.17. The molecule has 0 amide bonds. The highest BCUT2D eigenvalue weighted by Gasteiger charge is 2.30. The lowest BCUT2D eigenvalue weighted by molar-refractivity contribution is -0.137. The number of aromatic nitrogens is 2. The van der Waals surface area contributed by atoms with Gasteiger partial charge in [-0.15, -0.1) is 0 Å². The van der Waals surface area contributed by atoms with Crippen LogP contribution in [-0.2, 0) is 19.0 Å². The van der Waals surface area contributed by atoms with Crippen molar-refractivity contribution >= 4 is 0 Å². The van der Waals surface area contributed by atoms with Crippen molar-refractivity contribution in [2.45, 2.75) is 25.4 Å². The molecule has 2 N–H and O–H groups in total. The van der Waals surface area contributed by atoms with Crippen LogP contribution in [0.5, 0.6) is 0 Å². The molecule has 4 nitrogen and oxygen atoms in total. The second-order valence-electron chi connectivity index (χ2n) is 4.37. The quantitative estimate of drug-likeness (QED) is 0.917. The summed E-state index contributed by atoms with van der Waals surface area (Å²) in [5, 5.41) is 3.76. The predicted octanol–water partition coefficient (Wildman–Crippen LogP) is 2.57. The summed E-state index contributed by atoms with van der Waals surface area (Å²) in [6.07, 6.45) is -2.83. The van der Waals surface area contributed by atoms with E-state index in [-0.39, 0.29) is 6.42 Å².